The summed E-state index contributed by atoms with van der Waals surface area (Å²) < 4.78 is 0. The van der Waals surface area contributed by atoms with Crippen molar-refractivity contribution in [3.05, 3.63) is 57.6 Å². The highest BCUT2D eigenvalue weighted by Crippen LogP contribution is 2.24. The number of rotatable bonds is 6. The van der Waals surface area contributed by atoms with Crippen LogP contribution in [0.3, 0.4) is 0 Å². The van der Waals surface area contributed by atoms with Crippen molar-refractivity contribution in [3.8, 4) is 0 Å². The van der Waals surface area contributed by atoms with E-state index in [0.29, 0.717) is 21.4 Å². The summed E-state index contributed by atoms with van der Waals surface area (Å²) in [6.07, 6.45) is 0. The van der Waals surface area contributed by atoms with E-state index in [1.165, 1.54) is 11.8 Å². The number of hydrogen-bond donors (Lipinski definition) is 2. The Balaban J connectivity index is 1.87. The number of thioether (sulfide) groups is 1. The average Bonchev–Trinajstić information content (AvgIpc) is 2.59. The van der Waals surface area contributed by atoms with E-state index in [2.05, 4.69) is 10.6 Å². The molecule has 0 bridgehead atoms. The van der Waals surface area contributed by atoms with Crippen molar-refractivity contribution in [1.82, 2.24) is 0 Å². The highest BCUT2D eigenvalue weighted by atomic mass is 35.5. The Morgan fingerprint density at radius 3 is 2.50 bits per heavy atom. The number of carbonyl (C=O) groups excluding carboxylic acids is 2. The summed E-state index contributed by atoms with van der Waals surface area (Å²) in [5.41, 5.74) is 3.09. The molecule has 0 aliphatic heterocycles. The quantitative estimate of drug-likeness (QED) is 0.678. The number of carbonyl (C=O) groups is 2. The van der Waals surface area contributed by atoms with E-state index in [0.717, 1.165) is 11.1 Å². The first kappa shape index (κ1) is 20.6. The molecule has 0 aliphatic carbocycles. The first-order valence-electron chi connectivity index (χ1n) is 8.01. The van der Waals surface area contributed by atoms with Gasteiger partial charge in [0.1, 0.15) is 0 Å². The molecule has 2 aromatic carbocycles. The highest BCUT2D eigenvalue weighted by molar-refractivity contribution is 8.01. The van der Waals surface area contributed by atoms with Gasteiger partial charge in [-0.15, -0.1) is 11.8 Å². The topological polar surface area (TPSA) is 58.2 Å². The molecule has 0 heterocycles. The smallest absolute Gasteiger partial charge is 0.237 e. The molecule has 2 amide bonds. The lowest BCUT2D eigenvalue weighted by Crippen LogP contribution is -2.25. The second kappa shape index (κ2) is 9.31. The fraction of sp³-hybridized carbons (Fsp3) is 0.263. The molecule has 4 nitrogen and oxygen atoms in total. The Bertz CT molecular complexity index is 827. The van der Waals surface area contributed by atoms with E-state index in [1.54, 1.807) is 43.3 Å². The van der Waals surface area contributed by atoms with Crippen LogP contribution in [0.4, 0.5) is 11.4 Å². The summed E-state index contributed by atoms with van der Waals surface area (Å²) in [6, 6.07) is 10.6. The molecular weight excluding hydrogens is 391 g/mol. The SMILES string of the molecule is Cc1cc(Cl)ccc1NC(=O)CSC(C)C(=O)Nc1cccc(Cl)c1C. The van der Waals surface area contributed by atoms with Crippen LogP contribution in [0.1, 0.15) is 18.1 Å². The Kier molecular flexibility index (Phi) is 7.38. The lowest BCUT2D eigenvalue weighted by atomic mass is 10.2. The van der Waals surface area contributed by atoms with Gasteiger partial charge in [-0.3, -0.25) is 9.59 Å². The van der Waals surface area contributed by atoms with E-state index in [-0.39, 0.29) is 22.8 Å². The highest BCUT2D eigenvalue weighted by Gasteiger charge is 2.17. The van der Waals surface area contributed by atoms with Crippen LogP contribution >= 0.6 is 35.0 Å². The van der Waals surface area contributed by atoms with Crippen molar-refractivity contribution in [1.29, 1.82) is 0 Å². The monoisotopic (exact) mass is 410 g/mol. The lowest BCUT2D eigenvalue weighted by molar-refractivity contribution is -0.115. The second-order valence-electron chi connectivity index (χ2n) is 5.86. The van der Waals surface area contributed by atoms with Crippen LogP contribution in [0.15, 0.2) is 36.4 Å². The number of anilines is 2. The molecule has 0 radical (unpaired) electrons. The van der Waals surface area contributed by atoms with Crippen molar-refractivity contribution in [2.75, 3.05) is 16.4 Å². The third kappa shape index (κ3) is 5.66. The summed E-state index contributed by atoms with van der Waals surface area (Å²) >= 11 is 13.2. The number of halogens is 2. The Morgan fingerprint density at radius 1 is 1.08 bits per heavy atom. The first-order chi connectivity index (χ1) is 12.3. The third-order valence-electron chi connectivity index (χ3n) is 3.82. The molecule has 1 atom stereocenters. The molecule has 0 spiro atoms. The molecule has 0 aliphatic rings. The van der Waals surface area contributed by atoms with Gasteiger partial charge in [0.05, 0.1) is 11.0 Å². The van der Waals surface area contributed by atoms with Gasteiger partial charge in [-0.05, 0) is 62.2 Å². The van der Waals surface area contributed by atoms with Crippen LogP contribution in [0.25, 0.3) is 0 Å². The minimum atomic E-state index is -0.384. The van der Waals surface area contributed by atoms with Gasteiger partial charge >= 0.3 is 0 Å². The predicted octanol–water partition coefficient (Wildman–Crippen LogP) is 5.31. The summed E-state index contributed by atoms with van der Waals surface area (Å²) in [6.45, 7) is 5.48. The molecule has 26 heavy (non-hydrogen) atoms. The van der Waals surface area contributed by atoms with Gasteiger partial charge in [0.15, 0.2) is 0 Å². The molecule has 0 aromatic heterocycles. The zero-order valence-corrected chi connectivity index (χ0v) is 17.1. The standard InChI is InChI=1S/C19H20Cl2N2O2S/c1-11-9-14(20)7-8-16(11)22-18(24)10-26-13(3)19(25)23-17-6-4-5-15(21)12(17)2/h4-9,13H,10H2,1-3H3,(H,22,24)(H,23,25). The van der Waals surface area contributed by atoms with Crippen LogP contribution in [0.2, 0.25) is 10.0 Å². The van der Waals surface area contributed by atoms with Gasteiger partial charge in [-0.2, -0.15) is 0 Å². The summed E-state index contributed by atoms with van der Waals surface area (Å²) in [5.74, 6) is -0.166. The maximum absolute atomic E-state index is 12.3. The largest absolute Gasteiger partial charge is 0.325 e. The molecule has 1 unspecified atom stereocenters. The molecular formula is C19H20Cl2N2O2S. The molecule has 7 heteroatoms. The lowest BCUT2D eigenvalue weighted by Gasteiger charge is -2.14. The number of benzene rings is 2. The fourth-order valence-electron chi connectivity index (χ4n) is 2.21. The number of nitrogens with one attached hydrogen (secondary N) is 2. The molecule has 0 fully saturated rings. The average molecular weight is 411 g/mol. The summed E-state index contributed by atoms with van der Waals surface area (Å²) in [7, 11) is 0. The summed E-state index contributed by atoms with van der Waals surface area (Å²) in [4.78, 5) is 24.4. The van der Waals surface area contributed by atoms with Crippen molar-refractivity contribution in [2.24, 2.45) is 0 Å². The minimum absolute atomic E-state index is 0.168. The third-order valence-corrected chi connectivity index (χ3v) is 5.61. The normalized spacial score (nSPS) is 11.7. The maximum Gasteiger partial charge on any atom is 0.237 e. The fourth-order valence-corrected chi connectivity index (χ4v) is 3.29. The van der Waals surface area contributed by atoms with Crippen molar-refractivity contribution in [2.45, 2.75) is 26.0 Å². The van der Waals surface area contributed by atoms with Crippen LogP contribution in [-0.2, 0) is 9.59 Å². The molecule has 2 N–H and O–H groups in total. The van der Waals surface area contributed by atoms with Gasteiger partial charge in [0, 0.05) is 21.4 Å². The van der Waals surface area contributed by atoms with E-state index in [4.69, 9.17) is 23.2 Å². The minimum Gasteiger partial charge on any atom is -0.325 e. The van der Waals surface area contributed by atoms with Gasteiger partial charge in [0.2, 0.25) is 11.8 Å². The zero-order chi connectivity index (χ0) is 19.3. The molecule has 0 saturated heterocycles. The zero-order valence-electron chi connectivity index (χ0n) is 14.7. The molecule has 2 aromatic rings. The van der Waals surface area contributed by atoms with Gasteiger partial charge in [0.25, 0.3) is 0 Å². The molecule has 0 saturated carbocycles. The van der Waals surface area contributed by atoms with Crippen LogP contribution in [0, 0.1) is 13.8 Å². The van der Waals surface area contributed by atoms with Crippen molar-refractivity contribution in [3.63, 3.8) is 0 Å². The number of amides is 2. The Hall–Kier alpha value is -1.69. The van der Waals surface area contributed by atoms with Crippen LogP contribution in [0.5, 0.6) is 0 Å². The van der Waals surface area contributed by atoms with E-state index < -0.39 is 0 Å². The van der Waals surface area contributed by atoms with Gasteiger partial charge in [-0.1, -0.05) is 29.3 Å². The molecule has 138 valence electrons. The van der Waals surface area contributed by atoms with E-state index in [1.807, 2.05) is 13.8 Å². The van der Waals surface area contributed by atoms with Crippen LogP contribution < -0.4 is 10.6 Å². The van der Waals surface area contributed by atoms with Crippen molar-refractivity contribution >= 4 is 58.2 Å². The van der Waals surface area contributed by atoms with Gasteiger partial charge in [-0.25, -0.2) is 0 Å². The van der Waals surface area contributed by atoms with Crippen molar-refractivity contribution < 1.29 is 9.59 Å². The van der Waals surface area contributed by atoms with Crippen LogP contribution in [-0.4, -0.2) is 22.8 Å². The van der Waals surface area contributed by atoms with E-state index >= 15 is 0 Å². The van der Waals surface area contributed by atoms with Gasteiger partial charge < -0.3 is 10.6 Å². The second-order valence-corrected chi connectivity index (χ2v) is 8.04. The Labute approximate surface area is 167 Å². The number of hydrogen-bond acceptors (Lipinski definition) is 3. The molecule has 2 rings (SSSR count). The van der Waals surface area contributed by atoms with E-state index in [9.17, 15) is 9.59 Å². The Morgan fingerprint density at radius 2 is 1.81 bits per heavy atom. The maximum atomic E-state index is 12.3. The first-order valence-corrected chi connectivity index (χ1v) is 9.82. The predicted molar refractivity (Wildman–Crippen MR) is 112 cm³/mol. The number of aryl methyl sites for hydroxylation is 1. The summed E-state index contributed by atoms with van der Waals surface area (Å²) in [5, 5.41) is 6.52.